The number of hydroxylamine groups is 2. The van der Waals surface area contributed by atoms with Gasteiger partial charge in [0.05, 0.1) is 10.3 Å². The molecule has 0 amide bonds. The fraction of sp³-hybridized carbons (Fsp3) is 0.529. The van der Waals surface area contributed by atoms with E-state index in [9.17, 15) is 19.7 Å². The number of nitro groups is 1. The molecule has 0 unspecified atom stereocenters. The molecule has 0 radical (unpaired) electrons. The molecule has 0 bridgehead atoms. The van der Waals surface area contributed by atoms with Crippen molar-refractivity contribution in [2.75, 3.05) is 13.2 Å². The minimum atomic E-state index is -0.669. The molecule has 0 spiro atoms. The molecule has 136 valence electrons. The normalized spacial score (nSPS) is 18.0. The number of nitro benzene ring substituents is 1. The first-order chi connectivity index (χ1) is 11.7. The van der Waals surface area contributed by atoms with Crippen molar-refractivity contribution in [2.45, 2.75) is 39.7 Å². The monoisotopic (exact) mass is 350 g/mol. The first-order valence-corrected chi connectivity index (χ1v) is 8.08. The van der Waals surface area contributed by atoms with E-state index in [0.29, 0.717) is 13.0 Å². The highest BCUT2D eigenvalue weighted by Crippen LogP contribution is 2.27. The summed E-state index contributed by atoms with van der Waals surface area (Å²) in [4.78, 5) is 40.2. The fourth-order valence-corrected chi connectivity index (χ4v) is 2.39. The Morgan fingerprint density at radius 1 is 1.32 bits per heavy atom. The van der Waals surface area contributed by atoms with Crippen LogP contribution in [-0.4, -0.2) is 40.9 Å². The summed E-state index contributed by atoms with van der Waals surface area (Å²) in [5, 5.41) is 12.4. The fourth-order valence-electron chi connectivity index (χ4n) is 2.39. The van der Waals surface area contributed by atoms with Crippen molar-refractivity contribution in [2.24, 2.45) is 5.41 Å². The van der Waals surface area contributed by atoms with Gasteiger partial charge in [-0.3, -0.25) is 14.9 Å². The minimum absolute atomic E-state index is 0.0390. The highest BCUT2D eigenvalue weighted by Gasteiger charge is 2.36. The number of ketones is 1. The number of carbonyl (C=O) groups excluding carboxylic acids is 2. The molecule has 1 fully saturated rings. The summed E-state index contributed by atoms with van der Waals surface area (Å²) in [5.41, 5.74) is -0.866. The predicted molar refractivity (Wildman–Crippen MR) is 88.9 cm³/mol. The molecule has 1 atom stereocenters. The summed E-state index contributed by atoms with van der Waals surface area (Å²) in [6.45, 7) is 5.36. The lowest BCUT2D eigenvalue weighted by Gasteiger charge is -2.25. The summed E-state index contributed by atoms with van der Waals surface area (Å²) < 4.78 is 5.33. The first-order valence-electron chi connectivity index (χ1n) is 8.08. The number of rotatable bonds is 6. The van der Waals surface area contributed by atoms with Crippen molar-refractivity contribution in [1.29, 1.82) is 0 Å². The van der Waals surface area contributed by atoms with Gasteiger partial charge in [-0.05, 0) is 39.7 Å². The van der Waals surface area contributed by atoms with E-state index in [-0.39, 0.29) is 23.8 Å². The second kappa shape index (κ2) is 7.60. The van der Waals surface area contributed by atoms with Crippen LogP contribution in [0.1, 0.15) is 33.6 Å². The lowest BCUT2D eigenvalue weighted by atomic mass is 9.98. The van der Waals surface area contributed by atoms with E-state index in [0.717, 1.165) is 6.42 Å². The Hall–Kier alpha value is -2.48. The molecule has 25 heavy (non-hydrogen) atoms. The van der Waals surface area contributed by atoms with Crippen LogP contribution in [0.15, 0.2) is 24.3 Å². The maximum atomic E-state index is 12.4. The minimum Gasteiger partial charge on any atom is -0.479 e. The van der Waals surface area contributed by atoms with Crippen molar-refractivity contribution in [3.05, 3.63) is 34.4 Å². The Morgan fingerprint density at radius 3 is 2.64 bits per heavy atom. The van der Waals surface area contributed by atoms with E-state index >= 15 is 0 Å². The lowest BCUT2D eigenvalue weighted by molar-refractivity contribution is -0.385. The molecule has 1 aromatic rings. The summed E-state index contributed by atoms with van der Waals surface area (Å²) in [5.74, 6) is -0.652. The van der Waals surface area contributed by atoms with Crippen molar-refractivity contribution >= 4 is 17.4 Å². The Balaban J connectivity index is 1.98. The molecule has 1 saturated heterocycles. The van der Waals surface area contributed by atoms with Crippen LogP contribution < -0.4 is 4.74 Å². The summed E-state index contributed by atoms with van der Waals surface area (Å²) in [6, 6.07) is 5.29. The zero-order valence-electron chi connectivity index (χ0n) is 14.6. The van der Waals surface area contributed by atoms with Gasteiger partial charge in [0.15, 0.2) is 11.5 Å². The van der Waals surface area contributed by atoms with E-state index < -0.39 is 22.3 Å². The molecule has 2 rings (SSSR count). The average molecular weight is 350 g/mol. The molecule has 1 aromatic carbocycles. The molecule has 1 aliphatic rings. The van der Waals surface area contributed by atoms with Crippen LogP contribution in [-0.2, 0) is 14.4 Å². The highest BCUT2D eigenvalue weighted by atomic mass is 16.7. The van der Waals surface area contributed by atoms with E-state index in [4.69, 9.17) is 9.57 Å². The topological polar surface area (TPSA) is 99.0 Å². The number of carbonyl (C=O) groups is 2. The molecule has 0 aliphatic carbocycles. The van der Waals surface area contributed by atoms with Gasteiger partial charge in [-0.1, -0.05) is 12.1 Å². The number of hydrogen-bond donors (Lipinski definition) is 0. The van der Waals surface area contributed by atoms with Gasteiger partial charge in [0.25, 0.3) is 0 Å². The second-order valence-electron chi connectivity index (χ2n) is 6.91. The van der Waals surface area contributed by atoms with Crippen molar-refractivity contribution < 1.29 is 24.1 Å². The number of para-hydroxylation sites is 2. The lowest BCUT2D eigenvalue weighted by Crippen LogP contribution is -2.42. The van der Waals surface area contributed by atoms with Gasteiger partial charge in [-0.15, -0.1) is 5.06 Å². The Labute approximate surface area is 145 Å². The SMILES string of the molecule is CC(C)(C)C(=O)ON1CCC[C@@H]1C(=O)COc1ccccc1[N+](=O)[O-]. The van der Waals surface area contributed by atoms with Gasteiger partial charge in [-0.25, -0.2) is 4.79 Å². The summed E-state index contributed by atoms with van der Waals surface area (Å²) in [6.07, 6.45) is 1.27. The average Bonchev–Trinajstić information content (AvgIpc) is 3.00. The molecular formula is C17H22N2O6. The van der Waals surface area contributed by atoms with Crippen LogP contribution >= 0.6 is 0 Å². The van der Waals surface area contributed by atoms with Gasteiger partial charge >= 0.3 is 11.7 Å². The molecular weight excluding hydrogens is 328 g/mol. The van der Waals surface area contributed by atoms with Gasteiger partial charge < -0.3 is 9.57 Å². The second-order valence-corrected chi connectivity index (χ2v) is 6.91. The van der Waals surface area contributed by atoms with Crippen LogP contribution in [0.25, 0.3) is 0 Å². The molecule has 8 nitrogen and oxygen atoms in total. The van der Waals surface area contributed by atoms with Gasteiger partial charge in [0, 0.05) is 12.6 Å². The number of Topliss-reactive ketones (excluding diaryl/α,β-unsaturated/α-hetero) is 1. The number of nitrogens with zero attached hydrogens (tertiary/aromatic N) is 2. The molecule has 1 heterocycles. The van der Waals surface area contributed by atoms with E-state index in [1.54, 1.807) is 26.8 Å². The van der Waals surface area contributed by atoms with Crippen LogP contribution in [0.4, 0.5) is 5.69 Å². The number of ether oxygens (including phenoxy) is 1. The number of benzene rings is 1. The molecule has 0 N–H and O–H groups in total. The summed E-state index contributed by atoms with van der Waals surface area (Å²) in [7, 11) is 0. The van der Waals surface area contributed by atoms with E-state index in [1.807, 2.05) is 0 Å². The molecule has 0 aromatic heterocycles. The highest BCUT2D eigenvalue weighted by molar-refractivity contribution is 5.86. The molecule has 1 aliphatic heterocycles. The molecule has 0 saturated carbocycles. The van der Waals surface area contributed by atoms with E-state index in [1.165, 1.54) is 23.3 Å². The van der Waals surface area contributed by atoms with Gasteiger partial charge in [-0.2, -0.15) is 0 Å². The van der Waals surface area contributed by atoms with Gasteiger partial charge in [0.2, 0.25) is 0 Å². The third-order valence-electron chi connectivity index (χ3n) is 3.82. The maximum Gasteiger partial charge on any atom is 0.330 e. The van der Waals surface area contributed by atoms with Crippen LogP contribution in [0.2, 0.25) is 0 Å². The zero-order chi connectivity index (χ0) is 18.6. The third kappa shape index (κ3) is 4.76. The summed E-state index contributed by atoms with van der Waals surface area (Å²) >= 11 is 0. The predicted octanol–water partition coefficient (Wildman–Crippen LogP) is 2.51. The van der Waals surface area contributed by atoms with Crippen molar-refractivity contribution in [3.8, 4) is 5.75 Å². The van der Waals surface area contributed by atoms with Crippen molar-refractivity contribution in [1.82, 2.24) is 5.06 Å². The Kier molecular flexibility index (Phi) is 5.73. The van der Waals surface area contributed by atoms with Crippen LogP contribution in [0.5, 0.6) is 5.75 Å². The largest absolute Gasteiger partial charge is 0.479 e. The maximum absolute atomic E-state index is 12.4. The first kappa shape index (κ1) is 18.9. The quantitative estimate of drug-likeness (QED) is 0.574. The smallest absolute Gasteiger partial charge is 0.330 e. The third-order valence-corrected chi connectivity index (χ3v) is 3.82. The molecule has 8 heteroatoms. The van der Waals surface area contributed by atoms with Gasteiger partial charge in [0.1, 0.15) is 12.6 Å². The Bertz CT molecular complexity index is 667. The number of hydrogen-bond acceptors (Lipinski definition) is 7. The standard InChI is InChI=1S/C17H22N2O6/c1-17(2,3)16(21)25-18-10-6-8-12(18)14(20)11-24-15-9-5-4-7-13(15)19(22)23/h4-5,7,9,12H,6,8,10-11H2,1-3H3/t12-/m1/s1. The van der Waals surface area contributed by atoms with Crippen molar-refractivity contribution in [3.63, 3.8) is 0 Å². The Morgan fingerprint density at radius 2 is 2.00 bits per heavy atom. The van der Waals surface area contributed by atoms with E-state index in [2.05, 4.69) is 0 Å². The van der Waals surface area contributed by atoms with Crippen LogP contribution in [0, 0.1) is 15.5 Å². The zero-order valence-corrected chi connectivity index (χ0v) is 14.6. The van der Waals surface area contributed by atoms with Crippen LogP contribution in [0.3, 0.4) is 0 Å².